The lowest BCUT2D eigenvalue weighted by Crippen LogP contribution is -2.56. The van der Waals surface area contributed by atoms with Gasteiger partial charge in [0.15, 0.2) is 5.79 Å². The second-order valence-electron chi connectivity index (χ2n) is 6.61. The van der Waals surface area contributed by atoms with Gasteiger partial charge in [0, 0.05) is 38.0 Å². The summed E-state index contributed by atoms with van der Waals surface area (Å²) < 4.78 is 11.7. The van der Waals surface area contributed by atoms with Crippen molar-refractivity contribution in [1.82, 2.24) is 9.80 Å². The number of likely N-dealkylation sites (tertiary alicyclic amines) is 1. The first-order valence-corrected chi connectivity index (χ1v) is 8.15. The van der Waals surface area contributed by atoms with E-state index in [-0.39, 0.29) is 11.8 Å². The minimum Gasteiger partial charge on any atom is -0.347 e. The molecule has 0 aromatic rings. The van der Waals surface area contributed by atoms with Crippen molar-refractivity contribution in [3.63, 3.8) is 0 Å². The Morgan fingerprint density at radius 3 is 2.65 bits per heavy atom. The largest absolute Gasteiger partial charge is 0.347 e. The monoisotopic (exact) mass is 283 g/mol. The molecule has 0 aromatic heterocycles. The van der Waals surface area contributed by atoms with E-state index in [0.717, 1.165) is 45.6 Å². The minimum absolute atomic E-state index is 0.247. The van der Waals surface area contributed by atoms with E-state index in [1.807, 2.05) is 0 Å². The van der Waals surface area contributed by atoms with E-state index in [1.54, 1.807) is 0 Å². The van der Waals surface area contributed by atoms with Gasteiger partial charge in [-0.05, 0) is 39.4 Å². The molecule has 0 bridgehead atoms. The van der Waals surface area contributed by atoms with Gasteiger partial charge in [-0.2, -0.15) is 0 Å². The predicted octanol–water partition coefficient (Wildman–Crippen LogP) is 0.637. The maximum atomic E-state index is 6.35. The minimum atomic E-state index is -0.331. The molecule has 0 aromatic carbocycles. The molecule has 2 atom stereocenters. The average molecular weight is 283 g/mol. The first-order chi connectivity index (χ1) is 9.69. The van der Waals surface area contributed by atoms with Crippen LogP contribution in [0.4, 0.5) is 0 Å². The highest BCUT2D eigenvalue weighted by molar-refractivity contribution is 4.94. The molecule has 1 aliphatic carbocycles. The Balaban J connectivity index is 1.53. The van der Waals surface area contributed by atoms with Crippen molar-refractivity contribution in [3.05, 3.63) is 0 Å². The highest BCUT2D eigenvalue weighted by Crippen LogP contribution is 2.36. The van der Waals surface area contributed by atoms with Gasteiger partial charge in [-0.15, -0.1) is 0 Å². The van der Waals surface area contributed by atoms with Gasteiger partial charge >= 0.3 is 0 Å². The molecule has 20 heavy (non-hydrogen) atoms. The fourth-order valence-corrected chi connectivity index (χ4v) is 3.86. The van der Waals surface area contributed by atoms with Crippen LogP contribution in [0.3, 0.4) is 0 Å². The van der Waals surface area contributed by atoms with Crippen LogP contribution in [0.25, 0.3) is 0 Å². The maximum Gasteiger partial charge on any atom is 0.170 e. The number of nitrogens with two attached hydrogens (primary N) is 1. The van der Waals surface area contributed by atoms with Gasteiger partial charge in [-0.25, -0.2) is 0 Å². The average Bonchev–Trinajstić information content (AvgIpc) is 3.11. The van der Waals surface area contributed by atoms with E-state index in [4.69, 9.17) is 15.2 Å². The van der Waals surface area contributed by atoms with Gasteiger partial charge in [0.05, 0.1) is 13.2 Å². The van der Waals surface area contributed by atoms with E-state index in [0.29, 0.717) is 6.04 Å². The molecule has 1 saturated carbocycles. The first-order valence-electron chi connectivity index (χ1n) is 8.15. The highest BCUT2D eigenvalue weighted by atomic mass is 16.7. The van der Waals surface area contributed by atoms with Crippen molar-refractivity contribution < 1.29 is 9.47 Å². The van der Waals surface area contributed by atoms with Crippen molar-refractivity contribution in [2.24, 2.45) is 5.73 Å². The van der Waals surface area contributed by atoms with E-state index >= 15 is 0 Å². The van der Waals surface area contributed by atoms with Gasteiger partial charge in [0.25, 0.3) is 0 Å². The van der Waals surface area contributed by atoms with Crippen LogP contribution in [0.1, 0.15) is 32.1 Å². The number of hydrogen-bond donors (Lipinski definition) is 1. The van der Waals surface area contributed by atoms with Crippen LogP contribution in [-0.2, 0) is 9.47 Å². The summed E-state index contributed by atoms with van der Waals surface area (Å²) in [4.78, 5) is 4.98. The number of ether oxygens (including phenoxy) is 2. The molecule has 0 amide bonds. The van der Waals surface area contributed by atoms with Crippen molar-refractivity contribution >= 4 is 0 Å². The third-order valence-electron chi connectivity index (χ3n) is 5.22. The molecule has 5 nitrogen and oxygen atoms in total. The summed E-state index contributed by atoms with van der Waals surface area (Å²) >= 11 is 0. The number of likely N-dealkylation sites (N-methyl/N-ethyl adjacent to an activating group) is 1. The van der Waals surface area contributed by atoms with Gasteiger partial charge in [0.1, 0.15) is 0 Å². The van der Waals surface area contributed by atoms with Crippen molar-refractivity contribution in [2.75, 3.05) is 46.4 Å². The van der Waals surface area contributed by atoms with E-state index in [2.05, 4.69) is 16.8 Å². The van der Waals surface area contributed by atoms with Crippen LogP contribution in [0, 0.1) is 0 Å². The molecule has 0 radical (unpaired) electrons. The van der Waals surface area contributed by atoms with Crippen LogP contribution >= 0.6 is 0 Å². The van der Waals surface area contributed by atoms with E-state index in [9.17, 15) is 0 Å². The number of rotatable bonds is 4. The molecule has 1 spiro atoms. The van der Waals surface area contributed by atoms with Crippen LogP contribution in [0.2, 0.25) is 0 Å². The Morgan fingerprint density at radius 2 is 1.95 bits per heavy atom. The lowest BCUT2D eigenvalue weighted by molar-refractivity contribution is -0.190. The van der Waals surface area contributed by atoms with Crippen molar-refractivity contribution in [1.29, 1.82) is 0 Å². The van der Waals surface area contributed by atoms with E-state index in [1.165, 1.54) is 25.9 Å². The smallest absolute Gasteiger partial charge is 0.170 e. The lowest BCUT2D eigenvalue weighted by atomic mass is 9.85. The highest BCUT2D eigenvalue weighted by Gasteiger charge is 2.45. The van der Waals surface area contributed by atoms with Crippen LogP contribution < -0.4 is 5.73 Å². The second kappa shape index (κ2) is 6.28. The Kier molecular flexibility index (Phi) is 4.62. The Hall–Kier alpha value is -0.200. The van der Waals surface area contributed by atoms with Crippen molar-refractivity contribution in [3.8, 4) is 0 Å². The van der Waals surface area contributed by atoms with Crippen LogP contribution in [-0.4, -0.2) is 74.1 Å². The molecule has 2 unspecified atom stereocenters. The molecule has 3 rings (SSSR count). The summed E-state index contributed by atoms with van der Waals surface area (Å²) in [5.41, 5.74) is 6.35. The van der Waals surface area contributed by atoms with E-state index < -0.39 is 0 Å². The standard InChI is InChI=1S/C15H29N3O2/c1-17(8-9-18-6-2-3-7-18)14-12-15(5-4-13(14)16)19-10-11-20-15/h13-14H,2-12,16H2,1H3. The molecule has 3 fully saturated rings. The number of hydrogen-bond acceptors (Lipinski definition) is 5. The van der Waals surface area contributed by atoms with Gasteiger partial charge in [-0.3, -0.25) is 0 Å². The summed E-state index contributed by atoms with van der Waals surface area (Å²) in [7, 11) is 2.20. The van der Waals surface area contributed by atoms with Gasteiger partial charge < -0.3 is 25.0 Å². The molecule has 2 heterocycles. The third kappa shape index (κ3) is 3.17. The Morgan fingerprint density at radius 1 is 1.25 bits per heavy atom. The number of nitrogens with zero attached hydrogens (tertiary/aromatic N) is 2. The zero-order chi connectivity index (χ0) is 14.0. The molecule has 2 saturated heterocycles. The molecule has 3 aliphatic rings. The lowest BCUT2D eigenvalue weighted by Gasteiger charge is -2.43. The summed E-state index contributed by atoms with van der Waals surface area (Å²) in [5, 5.41) is 0. The summed E-state index contributed by atoms with van der Waals surface area (Å²) in [6, 6.07) is 0.626. The SMILES string of the molecule is CN(CCN1CCCC1)C1CC2(CCC1N)OCCO2. The molecular weight excluding hydrogens is 254 g/mol. The van der Waals surface area contributed by atoms with Gasteiger partial charge in [0.2, 0.25) is 0 Å². The Bertz CT molecular complexity index is 314. The fourth-order valence-electron chi connectivity index (χ4n) is 3.86. The fraction of sp³-hybridized carbons (Fsp3) is 1.00. The van der Waals surface area contributed by atoms with Crippen LogP contribution in [0.15, 0.2) is 0 Å². The summed E-state index contributed by atoms with van der Waals surface area (Å²) in [6.07, 6.45) is 5.59. The topological polar surface area (TPSA) is 51.0 Å². The Labute approximate surface area is 122 Å². The molecule has 116 valence electrons. The summed E-state index contributed by atoms with van der Waals surface area (Å²) in [6.45, 7) is 6.25. The van der Waals surface area contributed by atoms with Gasteiger partial charge in [-0.1, -0.05) is 0 Å². The molecule has 2 aliphatic heterocycles. The quantitative estimate of drug-likeness (QED) is 0.820. The van der Waals surface area contributed by atoms with Crippen molar-refractivity contribution in [2.45, 2.75) is 50.0 Å². The first kappa shape index (κ1) is 14.7. The molecular formula is C15H29N3O2. The second-order valence-corrected chi connectivity index (χ2v) is 6.61. The van der Waals surface area contributed by atoms with Crippen LogP contribution in [0.5, 0.6) is 0 Å². The normalized spacial score (nSPS) is 34.4. The molecule has 2 N–H and O–H groups in total. The third-order valence-corrected chi connectivity index (χ3v) is 5.22. The molecule has 5 heteroatoms. The maximum absolute atomic E-state index is 6.35. The summed E-state index contributed by atoms with van der Waals surface area (Å²) in [5.74, 6) is -0.331. The zero-order valence-electron chi connectivity index (χ0n) is 12.7. The zero-order valence-corrected chi connectivity index (χ0v) is 12.7. The predicted molar refractivity (Wildman–Crippen MR) is 78.6 cm³/mol.